The molecule has 0 saturated heterocycles. The van der Waals surface area contributed by atoms with Crippen LogP contribution in [0.2, 0.25) is 10.0 Å². The number of fused-ring (bicyclic) bond motifs is 1. The number of hydrogen-bond donors (Lipinski definition) is 2. The number of rotatable bonds is 9. The average Bonchev–Trinajstić information content (AvgIpc) is 3.54. The number of H-pyrrole nitrogens is 1. The van der Waals surface area contributed by atoms with Gasteiger partial charge in [0.05, 0.1) is 22.8 Å². The van der Waals surface area contributed by atoms with Crippen molar-refractivity contribution in [2.75, 3.05) is 13.2 Å². The fourth-order valence-electron chi connectivity index (χ4n) is 5.07. The van der Waals surface area contributed by atoms with Crippen LogP contribution in [0.3, 0.4) is 0 Å². The zero-order valence-electron chi connectivity index (χ0n) is 21.6. The van der Waals surface area contributed by atoms with E-state index in [4.69, 9.17) is 33.0 Å². The molecule has 9 nitrogen and oxygen atoms in total. The lowest BCUT2D eigenvalue weighted by molar-refractivity contribution is 0.341. The lowest BCUT2D eigenvalue weighted by atomic mass is 10.1. The van der Waals surface area contributed by atoms with Gasteiger partial charge in [-0.3, -0.25) is 4.79 Å². The van der Waals surface area contributed by atoms with E-state index in [1.54, 1.807) is 35.7 Å². The Morgan fingerprint density at radius 3 is 2.56 bits per heavy atom. The van der Waals surface area contributed by atoms with Crippen LogP contribution in [0.5, 0.6) is 5.75 Å². The van der Waals surface area contributed by atoms with Gasteiger partial charge in [0.15, 0.2) is 11.3 Å². The molecule has 39 heavy (non-hydrogen) atoms. The van der Waals surface area contributed by atoms with E-state index in [2.05, 4.69) is 14.7 Å². The van der Waals surface area contributed by atoms with E-state index in [1.165, 1.54) is 12.1 Å². The minimum absolute atomic E-state index is 0.00628. The third-order valence-corrected chi connectivity index (χ3v) is 9.13. The predicted octanol–water partition coefficient (Wildman–Crippen LogP) is 5.28. The molecule has 1 saturated carbocycles. The third-order valence-electron chi connectivity index (χ3n) is 6.97. The van der Waals surface area contributed by atoms with Crippen LogP contribution in [0, 0.1) is 6.92 Å². The van der Waals surface area contributed by atoms with Crippen LogP contribution in [0.25, 0.3) is 16.9 Å². The van der Waals surface area contributed by atoms with Gasteiger partial charge in [-0.15, -0.1) is 5.10 Å². The molecule has 0 atom stereocenters. The van der Waals surface area contributed by atoms with Crippen molar-refractivity contribution in [2.45, 2.75) is 56.8 Å². The number of halogens is 2. The van der Waals surface area contributed by atoms with E-state index in [1.807, 2.05) is 6.92 Å². The van der Waals surface area contributed by atoms with E-state index in [9.17, 15) is 13.2 Å². The third kappa shape index (κ3) is 5.56. The van der Waals surface area contributed by atoms with Gasteiger partial charge in [0.25, 0.3) is 5.56 Å². The molecule has 2 aromatic heterocycles. The minimum atomic E-state index is -3.92. The highest BCUT2D eigenvalue weighted by molar-refractivity contribution is 7.89. The van der Waals surface area contributed by atoms with E-state index < -0.39 is 10.0 Å². The molecule has 0 unspecified atom stereocenters. The second kappa shape index (κ2) is 11.3. The van der Waals surface area contributed by atoms with Gasteiger partial charge in [-0.05, 0) is 69.0 Å². The normalized spacial score (nSPS) is 14.4. The second-order valence-corrected chi connectivity index (χ2v) is 12.1. The van der Waals surface area contributed by atoms with Crippen LogP contribution >= 0.6 is 23.2 Å². The van der Waals surface area contributed by atoms with Gasteiger partial charge >= 0.3 is 0 Å². The van der Waals surface area contributed by atoms with E-state index in [0.717, 1.165) is 31.5 Å². The summed E-state index contributed by atoms with van der Waals surface area (Å²) in [4.78, 5) is 20.7. The van der Waals surface area contributed by atoms with E-state index >= 15 is 0 Å². The number of nitrogens with one attached hydrogen (secondary N) is 2. The van der Waals surface area contributed by atoms with Crippen LogP contribution in [-0.2, 0) is 16.4 Å². The van der Waals surface area contributed by atoms with Gasteiger partial charge in [-0.1, -0.05) is 42.1 Å². The van der Waals surface area contributed by atoms with Crippen molar-refractivity contribution in [2.24, 2.45) is 0 Å². The molecule has 0 bridgehead atoms. The van der Waals surface area contributed by atoms with Crippen LogP contribution in [0.1, 0.15) is 55.6 Å². The summed E-state index contributed by atoms with van der Waals surface area (Å²) in [6.45, 7) is 4.06. The molecule has 0 radical (unpaired) electrons. The van der Waals surface area contributed by atoms with Crippen LogP contribution in [-0.4, -0.2) is 41.2 Å². The first kappa shape index (κ1) is 27.6. The maximum Gasteiger partial charge on any atom is 0.277 e. The Labute approximate surface area is 236 Å². The van der Waals surface area contributed by atoms with Crippen molar-refractivity contribution in [1.29, 1.82) is 0 Å². The number of ether oxygens (including phenoxy) is 1. The Kier molecular flexibility index (Phi) is 8.00. The van der Waals surface area contributed by atoms with Crippen LogP contribution < -0.4 is 15.0 Å². The Balaban J connectivity index is 1.51. The smallest absolute Gasteiger partial charge is 0.277 e. The Morgan fingerprint density at radius 1 is 1.15 bits per heavy atom. The lowest BCUT2D eigenvalue weighted by Crippen LogP contribution is -2.26. The molecule has 206 valence electrons. The summed E-state index contributed by atoms with van der Waals surface area (Å²) in [7, 11) is -3.92. The summed E-state index contributed by atoms with van der Waals surface area (Å²) in [6.07, 6.45) is 4.52. The van der Waals surface area contributed by atoms with E-state index in [0.29, 0.717) is 51.2 Å². The number of imidazole rings is 1. The molecule has 0 spiro atoms. The topological polar surface area (TPSA) is 118 Å². The standard InChI is InChI=1S/C27H29Cl2N5O4S/c1-3-38-23-12-11-18(39(36,37)30-14-13-19-21(28)9-6-10-22(19)29)15-20(23)25-32-27(35)24-16(2)31-26(34(24)33-25)17-7-4-5-8-17/h6,9-12,15,17,30H,3-5,7-8,13-14H2,1-2H3,(H,32,33,35). The lowest BCUT2D eigenvalue weighted by Gasteiger charge is -2.14. The van der Waals surface area contributed by atoms with Gasteiger partial charge in [0, 0.05) is 22.5 Å². The Hall–Kier alpha value is -2.92. The molecule has 2 aromatic carbocycles. The monoisotopic (exact) mass is 589 g/mol. The first-order valence-electron chi connectivity index (χ1n) is 12.9. The Morgan fingerprint density at radius 2 is 1.87 bits per heavy atom. The second-order valence-electron chi connectivity index (χ2n) is 9.54. The van der Waals surface area contributed by atoms with Crippen molar-refractivity contribution in [1.82, 2.24) is 24.3 Å². The largest absolute Gasteiger partial charge is 0.493 e. The summed E-state index contributed by atoms with van der Waals surface area (Å²) < 4.78 is 36.5. The highest BCUT2D eigenvalue weighted by Gasteiger charge is 2.26. The molecule has 4 aromatic rings. The molecule has 12 heteroatoms. The summed E-state index contributed by atoms with van der Waals surface area (Å²) in [5.41, 5.74) is 1.68. The molecule has 0 amide bonds. The fourth-order valence-corrected chi connectivity index (χ4v) is 6.71. The van der Waals surface area contributed by atoms with Gasteiger partial charge < -0.3 is 9.72 Å². The number of aromatic nitrogens is 4. The summed E-state index contributed by atoms with van der Waals surface area (Å²) >= 11 is 12.4. The number of nitrogens with zero attached hydrogens (tertiary/aromatic N) is 3. The molecular weight excluding hydrogens is 561 g/mol. The van der Waals surface area contributed by atoms with E-state index in [-0.39, 0.29) is 28.7 Å². The predicted molar refractivity (Wildman–Crippen MR) is 152 cm³/mol. The zero-order chi connectivity index (χ0) is 27.7. The molecule has 0 aliphatic heterocycles. The van der Waals surface area contributed by atoms with Gasteiger partial charge in [-0.2, -0.15) is 0 Å². The van der Waals surface area contributed by atoms with Gasteiger partial charge in [-0.25, -0.2) is 22.6 Å². The molecule has 1 fully saturated rings. The summed E-state index contributed by atoms with van der Waals surface area (Å²) in [6, 6.07) is 9.64. The molecule has 2 heterocycles. The van der Waals surface area contributed by atoms with Crippen molar-refractivity contribution in [3.8, 4) is 17.1 Å². The van der Waals surface area contributed by atoms with Crippen molar-refractivity contribution >= 4 is 38.7 Å². The number of aryl methyl sites for hydroxylation is 1. The van der Waals surface area contributed by atoms with Crippen LogP contribution in [0.15, 0.2) is 46.1 Å². The minimum Gasteiger partial charge on any atom is -0.493 e. The number of benzene rings is 2. The molecule has 1 aliphatic rings. The first-order chi connectivity index (χ1) is 18.7. The molecule has 2 N–H and O–H groups in total. The summed E-state index contributed by atoms with van der Waals surface area (Å²) in [5, 5.41) is 5.68. The Bertz CT molecular complexity index is 1670. The van der Waals surface area contributed by atoms with Crippen molar-refractivity contribution in [3.05, 3.63) is 73.9 Å². The molecular formula is C27H29Cl2N5O4S. The highest BCUT2D eigenvalue weighted by atomic mass is 35.5. The molecule has 1 aliphatic carbocycles. The maximum atomic E-state index is 13.2. The molecule has 5 rings (SSSR count). The number of aromatic amines is 1. The van der Waals surface area contributed by atoms with Crippen molar-refractivity contribution in [3.63, 3.8) is 0 Å². The van der Waals surface area contributed by atoms with Gasteiger partial charge in [0.2, 0.25) is 10.0 Å². The fraction of sp³-hybridized carbons (Fsp3) is 0.370. The number of sulfonamides is 1. The zero-order valence-corrected chi connectivity index (χ0v) is 24.0. The quantitative estimate of drug-likeness (QED) is 0.274. The highest BCUT2D eigenvalue weighted by Crippen LogP contribution is 2.35. The van der Waals surface area contributed by atoms with Gasteiger partial charge in [0.1, 0.15) is 11.6 Å². The first-order valence-corrected chi connectivity index (χ1v) is 15.1. The number of hydrogen-bond acceptors (Lipinski definition) is 6. The summed E-state index contributed by atoms with van der Waals surface area (Å²) in [5.74, 6) is 1.59. The van der Waals surface area contributed by atoms with Crippen LogP contribution in [0.4, 0.5) is 0 Å². The SMILES string of the molecule is CCOc1ccc(S(=O)(=O)NCCc2c(Cl)cccc2Cl)cc1-c1nn2c(C3CCCC3)nc(C)c2c(=O)[nH]1. The van der Waals surface area contributed by atoms with Crippen molar-refractivity contribution < 1.29 is 13.2 Å². The average molecular weight is 591 g/mol. The maximum absolute atomic E-state index is 13.2.